The molecule has 0 saturated carbocycles. The number of carbonyl (C=O) groups excluding carboxylic acids is 1. The maximum atomic E-state index is 13.2. The van der Waals surface area contributed by atoms with Gasteiger partial charge in [-0.25, -0.2) is 4.98 Å². The molecule has 1 atom stereocenters. The Morgan fingerprint density at radius 3 is 2.87 bits per heavy atom. The highest BCUT2D eigenvalue weighted by molar-refractivity contribution is 7.10. The number of hydrogen-bond acceptors (Lipinski definition) is 5. The summed E-state index contributed by atoms with van der Waals surface area (Å²) in [6, 6.07) is 12.4. The zero-order valence-electron chi connectivity index (χ0n) is 18.4. The van der Waals surface area contributed by atoms with Crippen molar-refractivity contribution in [2.75, 3.05) is 32.1 Å². The molecule has 31 heavy (non-hydrogen) atoms. The molecule has 0 radical (unpaired) electrons. The van der Waals surface area contributed by atoms with Crippen LogP contribution in [-0.2, 0) is 16.1 Å². The van der Waals surface area contributed by atoms with E-state index in [2.05, 4.69) is 31.2 Å². The number of ether oxygens (including phenoxy) is 1. The first-order valence-corrected chi connectivity index (χ1v) is 11.6. The van der Waals surface area contributed by atoms with Crippen LogP contribution in [0.2, 0.25) is 0 Å². The van der Waals surface area contributed by atoms with Crippen LogP contribution in [0.25, 0.3) is 17.0 Å². The van der Waals surface area contributed by atoms with Gasteiger partial charge in [0.05, 0.1) is 11.6 Å². The van der Waals surface area contributed by atoms with Crippen LogP contribution in [0.15, 0.2) is 47.9 Å². The van der Waals surface area contributed by atoms with E-state index in [1.807, 2.05) is 47.5 Å². The number of fused-ring (bicyclic) bond motifs is 1. The van der Waals surface area contributed by atoms with E-state index in [4.69, 9.17) is 9.72 Å². The van der Waals surface area contributed by atoms with Gasteiger partial charge in [-0.05, 0) is 48.9 Å². The summed E-state index contributed by atoms with van der Waals surface area (Å²) in [5.74, 6) is 0.895. The molecule has 1 aliphatic rings. The summed E-state index contributed by atoms with van der Waals surface area (Å²) >= 11 is 1.62. The third-order valence-electron chi connectivity index (χ3n) is 5.58. The van der Waals surface area contributed by atoms with Crippen molar-refractivity contribution in [3.05, 3.63) is 63.9 Å². The quantitative estimate of drug-likeness (QED) is 0.496. The molecule has 0 aliphatic carbocycles. The summed E-state index contributed by atoms with van der Waals surface area (Å²) in [7, 11) is 4.00. The molecule has 162 valence electrons. The topological polar surface area (TPSA) is 45.7 Å². The third-order valence-corrected chi connectivity index (χ3v) is 6.42. The first-order chi connectivity index (χ1) is 15.0. The van der Waals surface area contributed by atoms with E-state index in [1.165, 1.54) is 0 Å². The number of rotatable bonds is 7. The van der Waals surface area contributed by atoms with Crippen LogP contribution in [-0.4, -0.2) is 49.1 Å². The molecule has 0 spiro atoms. The van der Waals surface area contributed by atoms with E-state index in [1.54, 1.807) is 17.4 Å². The number of benzene rings is 1. The predicted molar refractivity (Wildman–Crippen MR) is 129 cm³/mol. The summed E-state index contributed by atoms with van der Waals surface area (Å²) in [6.07, 6.45) is 5.71. The molecule has 0 bridgehead atoms. The van der Waals surface area contributed by atoms with E-state index in [-0.39, 0.29) is 12.0 Å². The molecular weight excluding hydrogens is 406 g/mol. The second kappa shape index (κ2) is 9.62. The van der Waals surface area contributed by atoms with Gasteiger partial charge in [-0.3, -0.25) is 4.79 Å². The lowest BCUT2D eigenvalue weighted by atomic mass is 10.1. The van der Waals surface area contributed by atoms with Crippen LogP contribution in [0.1, 0.15) is 28.8 Å². The number of hydrogen-bond donors (Lipinski definition) is 0. The van der Waals surface area contributed by atoms with Gasteiger partial charge >= 0.3 is 0 Å². The van der Waals surface area contributed by atoms with Crippen molar-refractivity contribution in [1.29, 1.82) is 0 Å². The number of amides is 1. The van der Waals surface area contributed by atoms with Gasteiger partial charge < -0.3 is 14.5 Å². The van der Waals surface area contributed by atoms with Crippen LogP contribution in [0, 0.1) is 6.92 Å². The minimum atomic E-state index is -0.00190. The molecule has 1 aromatic carbocycles. The number of para-hydroxylation sites is 1. The lowest BCUT2D eigenvalue weighted by Gasteiger charge is -2.27. The maximum absolute atomic E-state index is 13.2. The lowest BCUT2D eigenvalue weighted by Crippen LogP contribution is -2.36. The molecule has 4 rings (SSSR count). The Morgan fingerprint density at radius 2 is 2.16 bits per heavy atom. The van der Waals surface area contributed by atoms with Crippen molar-refractivity contribution in [3.63, 3.8) is 0 Å². The average Bonchev–Trinajstić information content (AvgIpc) is 3.45. The average molecular weight is 436 g/mol. The second-order valence-electron chi connectivity index (χ2n) is 8.21. The molecule has 2 aromatic heterocycles. The highest BCUT2D eigenvalue weighted by Gasteiger charge is 2.23. The number of aryl methyl sites for hydroxylation is 1. The Labute approximate surface area is 188 Å². The van der Waals surface area contributed by atoms with Gasteiger partial charge in [0.2, 0.25) is 5.91 Å². The minimum Gasteiger partial charge on any atom is -0.376 e. The summed E-state index contributed by atoms with van der Waals surface area (Å²) in [6.45, 7) is 3.94. The van der Waals surface area contributed by atoms with Gasteiger partial charge in [-0.15, -0.1) is 11.3 Å². The number of aromatic nitrogens is 1. The van der Waals surface area contributed by atoms with Gasteiger partial charge in [0.25, 0.3) is 0 Å². The minimum absolute atomic E-state index is 0.00190. The van der Waals surface area contributed by atoms with Crippen LogP contribution in [0.3, 0.4) is 0 Å². The van der Waals surface area contributed by atoms with Gasteiger partial charge in [-0.2, -0.15) is 0 Å². The Bertz CT molecular complexity index is 1070. The summed E-state index contributed by atoms with van der Waals surface area (Å²) in [4.78, 5) is 23.1. The van der Waals surface area contributed by atoms with E-state index in [0.717, 1.165) is 52.2 Å². The van der Waals surface area contributed by atoms with E-state index in [0.29, 0.717) is 13.1 Å². The number of thiophene rings is 1. The molecule has 0 unspecified atom stereocenters. The van der Waals surface area contributed by atoms with Crippen molar-refractivity contribution < 1.29 is 9.53 Å². The summed E-state index contributed by atoms with van der Waals surface area (Å²) < 4.78 is 5.84. The second-order valence-corrected chi connectivity index (χ2v) is 9.19. The SMILES string of the molecule is Cc1cccc2cc(CN(C[C@@H]3CCCO3)C(=O)/C=C/c3cccs3)c(N(C)C)nc12. The molecule has 0 N–H and O–H groups in total. The monoisotopic (exact) mass is 435 g/mol. The van der Waals surface area contributed by atoms with Crippen molar-refractivity contribution in [3.8, 4) is 0 Å². The van der Waals surface area contributed by atoms with Crippen LogP contribution >= 0.6 is 11.3 Å². The Balaban J connectivity index is 1.65. The number of carbonyl (C=O) groups is 1. The predicted octanol–water partition coefficient (Wildman–Crippen LogP) is 4.89. The van der Waals surface area contributed by atoms with Crippen molar-refractivity contribution in [1.82, 2.24) is 9.88 Å². The summed E-state index contributed by atoms with van der Waals surface area (Å²) in [5, 5.41) is 3.11. The van der Waals surface area contributed by atoms with Crippen molar-refractivity contribution in [2.24, 2.45) is 0 Å². The summed E-state index contributed by atoms with van der Waals surface area (Å²) in [5.41, 5.74) is 3.20. The zero-order valence-corrected chi connectivity index (χ0v) is 19.2. The number of pyridine rings is 1. The van der Waals surface area contributed by atoms with Crippen LogP contribution in [0.4, 0.5) is 5.82 Å². The van der Waals surface area contributed by atoms with Crippen molar-refractivity contribution >= 4 is 40.0 Å². The normalized spacial score (nSPS) is 16.3. The number of anilines is 1. The number of nitrogens with zero attached hydrogens (tertiary/aromatic N) is 3. The van der Waals surface area contributed by atoms with Crippen LogP contribution < -0.4 is 4.90 Å². The molecule has 1 saturated heterocycles. The zero-order chi connectivity index (χ0) is 21.8. The van der Waals surface area contributed by atoms with Gasteiger partial charge in [0.15, 0.2) is 0 Å². The van der Waals surface area contributed by atoms with Gasteiger partial charge in [0.1, 0.15) is 5.82 Å². The molecule has 3 aromatic rings. The molecule has 6 heteroatoms. The Hall–Kier alpha value is -2.70. The standard InChI is InChI=1S/C25H29N3O2S/c1-18-7-4-8-19-15-20(25(27(2)3)26-24(18)19)16-28(17-21-9-5-13-30-21)23(29)12-11-22-10-6-14-31-22/h4,6-8,10-12,14-15,21H,5,9,13,16-17H2,1-3H3/b12-11+/t21-/m0/s1. The first kappa shape index (κ1) is 21.5. The Morgan fingerprint density at radius 1 is 1.29 bits per heavy atom. The molecule has 1 fully saturated rings. The van der Waals surface area contributed by atoms with Gasteiger partial charge in [0, 0.05) is 55.7 Å². The van der Waals surface area contributed by atoms with Gasteiger partial charge in [-0.1, -0.05) is 24.3 Å². The van der Waals surface area contributed by atoms with E-state index < -0.39 is 0 Å². The fourth-order valence-electron chi connectivity index (χ4n) is 4.00. The molecule has 5 nitrogen and oxygen atoms in total. The highest BCUT2D eigenvalue weighted by atomic mass is 32.1. The van der Waals surface area contributed by atoms with E-state index >= 15 is 0 Å². The molecule has 1 amide bonds. The third kappa shape index (κ3) is 5.14. The fourth-order valence-corrected chi connectivity index (χ4v) is 4.62. The maximum Gasteiger partial charge on any atom is 0.246 e. The molecule has 3 heterocycles. The first-order valence-electron chi connectivity index (χ1n) is 10.7. The lowest BCUT2D eigenvalue weighted by molar-refractivity contribution is -0.128. The fraction of sp³-hybridized carbons (Fsp3) is 0.360. The highest BCUT2D eigenvalue weighted by Crippen LogP contribution is 2.26. The molecular formula is C25H29N3O2S. The van der Waals surface area contributed by atoms with Crippen LogP contribution in [0.5, 0.6) is 0 Å². The van der Waals surface area contributed by atoms with Crippen molar-refractivity contribution in [2.45, 2.75) is 32.4 Å². The molecule has 1 aliphatic heterocycles. The van der Waals surface area contributed by atoms with E-state index in [9.17, 15) is 4.79 Å². The smallest absolute Gasteiger partial charge is 0.246 e. The Kier molecular flexibility index (Phi) is 6.68. The largest absolute Gasteiger partial charge is 0.376 e.